The predicted molar refractivity (Wildman–Crippen MR) is 209 cm³/mol. The third-order valence-corrected chi connectivity index (χ3v) is 8.82. The van der Waals surface area contributed by atoms with Gasteiger partial charge in [0.25, 0.3) is 0 Å². The fraction of sp³-hybridized carbons (Fsp3) is 0.538. The first-order chi connectivity index (χ1) is 25.4. The first-order valence-corrected chi connectivity index (χ1v) is 16.0. The number of aromatic carboxylic acids is 4. The van der Waals surface area contributed by atoms with Crippen LogP contribution in [0.1, 0.15) is 113 Å². The van der Waals surface area contributed by atoms with Crippen LogP contribution in [-0.2, 0) is 28.4 Å². The molecule has 2 fully saturated rings. The second-order valence-electron chi connectivity index (χ2n) is 12.1. The van der Waals surface area contributed by atoms with E-state index >= 15 is 0 Å². The first kappa shape index (κ1) is 58.3. The van der Waals surface area contributed by atoms with Crippen molar-refractivity contribution < 1.29 is 98.0 Å². The zero-order valence-corrected chi connectivity index (χ0v) is 29.1. The molecule has 0 radical (unpaired) electrons. The van der Waals surface area contributed by atoms with Gasteiger partial charge in [0.05, 0.1) is 58.8 Å². The van der Waals surface area contributed by atoms with Crippen LogP contribution in [0.4, 0.5) is 0 Å². The zero-order valence-electron chi connectivity index (χ0n) is 29.1. The molecule has 2 saturated heterocycles. The van der Waals surface area contributed by atoms with E-state index in [9.17, 15) is 59.4 Å². The molecule has 336 valence electrons. The summed E-state index contributed by atoms with van der Waals surface area (Å²) in [5.41, 5.74) is -2.48. The number of aliphatic hydroxyl groups excluding tert-OH is 4. The Morgan fingerprint density at radius 1 is 0.542 bits per heavy atom. The quantitative estimate of drug-likeness (QED) is 0.142. The lowest BCUT2D eigenvalue weighted by Crippen LogP contribution is -2.56. The summed E-state index contributed by atoms with van der Waals surface area (Å²) in [7, 11) is 2.50. The molecular weight excluding hydrogens is 788 g/mol. The minimum absolute atomic E-state index is 0. The highest BCUT2D eigenvalue weighted by Gasteiger charge is 2.47. The van der Waals surface area contributed by atoms with Crippen molar-refractivity contribution in [2.24, 2.45) is 11.8 Å². The Kier molecular flexibility index (Phi) is 25.1. The van der Waals surface area contributed by atoms with Crippen molar-refractivity contribution in [3.8, 4) is 0 Å². The van der Waals surface area contributed by atoms with Gasteiger partial charge >= 0.3 is 35.8 Å². The Morgan fingerprint density at radius 3 is 1.20 bits per heavy atom. The Morgan fingerprint density at radius 2 is 0.881 bits per heavy atom. The highest BCUT2D eigenvalue weighted by atomic mass is 16.7. The van der Waals surface area contributed by atoms with E-state index in [1.807, 2.05) is 0 Å². The molecule has 0 aliphatic carbocycles. The van der Waals surface area contributed by atoms with Crippen LogP contribution in [0.25, 0.3) is 0 Å². The van der Waals surface area contributed by atoms with E-state index in [-0.39, 0.29) is 67.0 Å². The minimum Gasteiger partial charge on any atom is -0.478 e. The number of aliphatic hydroxyl groups is 4. The van der Waals surface area contributed by atoms with Crippen LogP contribution < -0.4 is 0 Å². The number of methoxy groups -OCH3 is 2. The maximum absolute atomic E-state index is 12.5. The van der Waals surface area contributed by atoms with Crippen molar-refractivity contribution in [2.45, 2.75) is 100 Å². The van der Waals surface area contributed by atoms with Gasteiger partial charge in [-0.25, -0.2) is 28.8 Å². The van der Waals surface area contributed by atoms with Gasteiger partial charge in [0.2, 0.25) is 0 Å². The minimum atomic E-state index is -1.51. The normalized spacial score (nSPS) is 25.4. The number of hydrogen-bond donors (Lipinski definition) is 8. The number of carboxylic acids is 4. The van der Waals surface area contributed by atoms with Gasteiger partial charge in [0, 0.05) is 26.1 Å². The molecule has 10 unspecified atom stereocenters. The van der Waals surface area contributed by atoms with Crippen LogP contribution in [-0.4, -0.2) is 153 Å². The van der Waals surface area contributed by atoms with E-state index in [0.717, 1.165) is 36.4 Å². The standard InChI is InChI=1S/2C17H20O10.5CH4/c1-7-11(6-18)26-17(25-2)13(12(7)19)27-16(24)9-4-3-8(14(20)21)5-10(9)15(22)23;1-7-11(6-18)26-17(25-2)13(12(7)19)27-16(24)10-5-8(14(20)21)3-4-9(10)15(22)23;;;;;/h2*3-5,7,11-13,17-19H,6H2,1-2H3,(H,20,21)(H,22,23);5*1H4. The number of ether oxygens (including phenoxy) is 6. The van der Waals surface area contributed by atoms with Gasteiger partial charge in [-0.3, -0.25) is 0 Å². The molecule has 59 heavy (non-hydrogen) atoms. The highest BCUT2D eigenvalue weighted by molar-refractivity contribution is 6.05. The Labute approximate surface area is 342 Å². The van der Waals surface area contributed by atoms with Crippen molar-refractivity contribution in [3.63, 3.8) is 0 Å². The van der Waals surface area contributed by atoms with Gasteiger partial charge in [0.15, 0.2) is 24.8 Å². The molecule has 0 spiro atoms. The van der Waals surface area contributed by atoms with Crippen LogP contribution in [0.15, 0.2) is 36.4 Å². The molecule has 0 bridgehead atoms. The number of carbonyl (C=O) groups is 6. The third-order valence-electron chi connectivity index (χ3n) is 8.82. The maximum atomic E-state index is 12.5. The van der Waals surface area contributed by atoms with E-state index in [0.29, 0.717) is 0 Å². The lowest BCUT2D eigenvalue weighted by Gasteiger charge is -2.41. The Hall–Kier alpha value is -5.06. The molecule has 4 rings (SSSR count). The smallest absolute Gasteiger partial charge is 0.339 e. The lowest BCUT2D eigenvalue weighted by molar-refractivity contribution is -0.279. The molecule has 10 atom stereocenters. The summed E-state index contributed by atoms with van der Waals surface area (Å²) in [5.74, 6) is -9.10. The third kappa shape index (κ3) is 13.5. The van der Waals surface area contributed by atoms with E-state index in [2.05, 4.69) is 0 Å². The number of benzene rings is 2. The zero-order chi connectivity index (χ0) is 40.6. The Bertz CT molecular complexity index is 1710. The van der Waals surface area contributed by atoms with Crippen LogP contribution in [0.3, 0.4) is 0 Å². The summed E-state index contributed by atoms with van der Waals surface area (Å²) in [5, 5.41) is 75.9. The molecule has 0 aromatic heterocycles. The fourth-order valence-electron chi connectivity index (χ4n) is 5.60. The van der Waals surface area contributed by atoms with Crippen molar-refractivity contribution in [1.82, 2.24) is 0 Å². The molecule has 2 heterocycles. The van der Waals surface area contributed by atoms with Crippen molar-refractivity contribution in [2.75, 3.05) is 27.4 Å². The average Bonchev–Trinajstić information content (AvgIpc) is 3.15. The molecule has 2 aromatic rings. The summed E-state index contributed by atoms with van der Waals surface area (Å²) in [6.45, 7) is 2.40. The maximum Gasteiger partial charge on any atom is 0.339 e. The van der Waals surface area contributed by atoms with Crippen LogP contribution >= 0.6 is 0 Å². The summed E-state index contributed by atoms with van der Waals surface area (Å²) in [4.78, 5) is 69.8. The number of hydrogen-bond acceptors (Lipinski definition) is 16. The summed E-state index contributed by atoms with van der Waals surface area (Å²) in [6, 6.07) is 5.84. The molecule has 20 heteroatoms. The molecule has 20 nitrogen and oxygen atoms in total. The SMILES string of the molecule is C.C.C.C.C.COC1OC(CO)C(C)C(O)C1OC(=O)c1cc(C(=O)O)ccc1C(=O)O.COC1OC(CO)C(C)C(O)C1OC(=O)c1ccc(C(=O)O)cc1C(=O)O. The average molecular weight is 849 g/mol. The first-order valence-electron chi connectivity index (χ1n) is 16.0. The predicted octanol–water partition coefficient (Wildman–Crippen LogP) is 3.12. The number of carbonyl (C=O) groups excluding carboxylic acids is 2. The molecule has 0 amide bonds. The van der Waals surface area contributed by atoms with Crippen molar-refractivity contribution in [3.05, 3.63) is 69.8 Å². The van der Waals surface area contributed by atoms with Gasteiger partial charge in [-0.05, 0) is 36.4 Å². The molecule has 2 aliphatic heterocycles. The molecule has 0 saturated carbocycles. The van der Waals surface area contributed by atoms with E-state index in [1.54, 1.807) is 13.8 Å². The van der Waals surface area contributed by atoms with Gasteiger partial charge in [0.1, 0.15) is 12.2 Å². The molecule has 8 N–H and O–H groups in total. The number of rotatable bonds is 12. The van der Waals surface area contributed by atoms with Gasteiger partial charge in [-0.2, -0.15) is 0 Å². The highest BCUT2D eigenvalue weighted by Crippen LogP contribution is 2.31. The summed E-state index contributed by atoms with van der Waals surface area (Å²) in [6.07, 6.45) is -8.94. The summed E-state index contributed by atoms with van der Waals surface area (Å²) < 4.78 is 31.4. The second-order valence-corrected chi connectivity index (χ2v) is 12.1. The van der Waals surface area contributed by atoms with Crippen LogP contribution in [0.5, 0.6) is 0 Å². The number of esters is 2. The van der Waals surface area contributed by atoms with Gasteiger partial charge in [-0.15, -0.1) is 0 Å². The van der Waals surface area contributed by atoms with Gasteiger partial charge < -0.3 is 69.3 Å². The van der Waals surface area contributed by atoms with Crippen molar-refractivity contribution >= 4 is 35.8 Å². The van der Waals surface area contributed by atoms with E-state index in [1.165, 1.54) is 14.2 Å². The van der Waals surface area contributed by atoms with E-state index < -0.39 is 114 Å². The van der Waals surface area contributed by atoms with Gasteiger partial charge in [-0.1, -0.05) is 51.0 Å². The Balaban J connectivity index is -0.000000980. The lowest BCUT2D eigenvalue weighted by atomic mass is 9.91. The van der Waals surface area contributed by atoms with Crippen LogP contribution in [0, 0.1) is 11.8 Å². The molecule has 2 aromatic carbocycles. The topological polar surface area (TPSA) is 320 Å². The number of carboxylic acid groups (broad SMARTS) is 4. The van der Waals surface area contributed by atoms with Crippen LogP contribution in [0.2, 0.25) is 0 Å². The molecule has 2 aliphatic rings. The fourth-order valence-corrected chi connectivity index (χ4v) is 5.60. The van der Waals surface area contributed by atoms with Crippen molar-refractivity contribution in [1.29, 1.82) is 0 Å². The van der Waals surface area contributed by atoms with E-state index in [4.69, 9.17) is 38.6 Å². The molecular formula is C39H60O20. The monoisotopic (exact) mass is 848 g/mol. The second kappa shape index (κ2) is 25.4. The largest absolute Gasteiger partial charge is 0.478 e. The summed E-state index contributed by atoms with van der Waals surface area (Å²) >= 11 is 0.